The molecular formula is C11H12N4OS2. The molecule has 2 rings (SSSR count). The van der Waals surface area contributed by atoms with Crippen LogP contribution in [0.2, 0.25) is 0 Å². The van der Waals surface area contributed by atoms with Crippen LogP contribution in [0.25, 0.3) is 0 Å². The van der Waals surface area contributed by atoms with Gasteiger partial charge in [0.1, 0.15) is 0 Å². The average molecular weight is 280 g/mol. The van der Waals surface area contributed by atoms with Gasteiger partial charge in [0, 0.05) is 5.69 Å². The summed E-state index contributed by atoms with van der Waals surface area (Å²) in [5.41, 5.74) is 7.21. The van der Waals surface area contributed by atoms with Crippen molar-refractivity contribution in [2.75, 3.05) is 11.1 Å². The molecule has 1 aromatic carbocycles. The van der Waals surface area contributed by atoms with Gasteiger partial charge in [-0.15, -0.1) is 10.2 Å². The van der Waals surface area contributed by atoms with Crippen LogP contribution in [0.3, 0.4) is 0 Å². The third-order valence-electron chi connectivity index (χ3n) is 2.01. The van der Waals surface area contributed by atoms with Gasteiger partial charge in [0.2, 0.25) is 11.0 Å². The number of aryl methyl sites for hydroxylation is 1. The standard InChI is InChI=1S/C11H12N4OS2/c1-7-3-2-4-8(5-7)13-10-14-15-11(18-10)17-6-9(12)16/h2-5H,6H2,1H3,(H2,12,16)(H,13,14). The van der Waals surface area contributed by atoms with Gasteiger partial charge >= 0.3 is 0 Å². The Morgan fingerprint density at radius 2 is 2.33 bits per heavy atom. The molecule has 0 saturated carbocycles. The number of nitrogens with two attached hydrogens (primary N) is 1. The molecule has 5 nitrogen and oxygen atoms in total. The van der Waals surface area contributed by atoms with E-state index in [0.717, 1.165) is 10.0 Å². The Bertz CT molecular complexity index is 555. The van der Waals surface area contributed by atoms with Crippen LogP contribution in [0.4, 0.5) is 10.8 Å². The van der Waals surface area contributed by atoms with Crippen LogP contribution < -0.4 is 11.1 Å². The van der Waals surface area contributed by atoms with Gasteiger partial charge in [-0.2, -0.15) is 0 Å². The smallest absolute Gasteiger partial charge is 0.227 e. The first-order chi connectivity index (χ1) is 8.63. The maximum Gasteiger partial charge on any atom is 0.227 e. The molecule has 1 aromatic heterocycles. The van der Waals surface area contributed by atoms with E-state index in [4.69, 9.17) is 5.73 Å². The molecule has 0 radical (unpaired) electrons. The van der Waals surface area contributed by atoms with Gasteiger partial charge in [0.15, 0.2) is 4.34 Å². The molecule has 1 heterocycles. The lowest BCUT2D eigenvalue weighted by Crippen LogP contribution is -2.12. The molecule has 0 aliphatic carbocycles. The Hall–Kier alpha value is -1.60. The number of carbonyl (C=O) groups is 1. The van der Waals surface area contributed by atoms with E-state index in [1.165, 1.54) is 28.7 Å². The lowest BCUT2D eigenvalue weighted by atomic mass is 10.2. The Morgan fingerprint density at radius 1 is 1.50 bits per heavy atom. The van der Waals surface area contributed by atoms with Gasteiger partial charge in [-0.05, 0) is 24.6 Å². The SMILES string of the molecule is Cc1cccc(Nc2nnc(SCC(N)=O)s2)c1. The van der Waals surface area contributed by atoms with Gasteiger partial charge in [-0.3, -0.25) is 4.79 Å². The molecule has 3 N–H and O–H groups in total. The van der Waals surface area contributed by atoms with Gasteiger partial charge in [0.05, 0.1) is 5.75 Å². The minimum atomic E-state index is -0.358. The van der Waals surface area contributed by atoms with E-state index in [-0.39, 0.29) is 11.7 Å². The van der Waals surface area contributed by atoms with E-state index in [1.54, 1.807) is 0 Å². The fraction of sp³-hybridized carbons (Fsp3) is 0.182. The van der Waals surface area contributed by atoms with Crippen LogP contribution in [0.1, 0.15) is 5.56 Å². The highest BCUT2D eigenvalue weighted by Crippen LogP contribution is 2.27. The summed E-state index contributed by atoms with van der Waals surface area (Å²) in [7, 11) is 0. The fourth-order valence-corrected chi connectivity index (χ4v) is 2.81. The maximum atomic E-state index is 10.7. The second kappa shape index (κ2) is 5.83. The molecule has 0 unspecified atom stereocenters. The monoisotopic (exact) mass is 280 g/mol. The topological polar surface area (TPSA) is 80.9 Å². The number of aromatic nitrogens is 2. The summed E-state index contributed by atoms with van der Waals surface area (Å²) < 4.78 is 0.726. The summed E-state index contributed by atoms with van der Waals surface area (Å²) in [5.74, 6) is -0.137. The Kier molecular flexibility index (Phi) is 4.16. The highest BCUT2D eigenvalue weighted by Gasteiger charge is 2.06. The van der Waals surface area contributed by atoms with Crippen molar-refractivity contribution in [1.29, 1.82) is 0 Å². The molecule has 0 atom stereocenters. The predicted molar refractivity (Wildman–Crippen MR) is 74.3 cm³/mol. The summed E-state index contributed by atoms with van der Waals surface area (Å²) in [5, 5.41) is 11.8. The number of nitrogens with one attached hydrogen (secondary N) is 1. The number of thioether (sulfide) groups is 1. The van der Waals surface area contributed by atoms with Crippen molar-refractivity contribution in [3.8, 4) is 0 Å². The van der Waals surface area contributed by atoms with E-state index < -0.39 is 0 Å². The zero-order chi connectivity index (χ0) is 13.0. The van der Waals surface area contributed by atoms with Crippen LogP contribution in [0.5, 0.6) is 0 Å². The van der Waals surface area contributed by atoms with Crippen molar-refractivity contribution in [2.45, 2.75) is 11.3 Å². The second-order valence-corrected chi connectivity index (χ2v) is 5.82. The molecule has 0 aliphatic rings. The molecule has 2 aromatic rings. The fourth-order valence-electron chi connectivity index (χ4n) is 1.30. The lowest BCUT2D eigenvalue weighted by molar-refractivity contribution is -0.115. The molecule has 18 heavy (non-hydrogen) atoms. The lowest BCUT2D eigenvalue weighted by Gasteiger charge is -2.01. The molecule has 0 bridgehead atoms. The summed E-state index contributed by atoms with van der Waals surface area (Å²) in [6.45, 7) is 2.03. The highest BCUT2D eigenvalue weighted by molar-refractivity contribution is 8.01. The molecule has 0 spiro atoms. The number of nitrogens with zero attached hydrogens (tertiary/aromatic N) is 2. The number of rotatable bonds is 5. The second-order valence-electron chi connectivity index (χ2n) is 3.62. The summed E-state index contributed by atoms with van der Waals surface area (Å²) in [6.07, 6.45) is 0. The van der Waals surface area contributed by atoms with Crippen molar-refractivity contribution in [3.05, 3.63) is 29.8 Å². The van der Waals surface area contributed by atoms with Crippen LogP contribution >= 0.6 is 23.1 Å². The number of hydrogen-bond donors (Lipinski definition) is 2. The van der Waals surface area contributed by atoms with Gasteiger partial charge in [-0.1, -0.05) is 35.2 Å². The van der Waals surface area contributed by atoms with E-state index in [2.05, 4.69) is 15.5 Å². The highest BCUT2D eigenvalue weighted by atomic mass is 32.2. The molecule has 0 saturated heterocycles. The molecule has 1 amide bonds. The zero-order valence-corrected chi connectivity index (χ0v) is 11.3. The van der Waals surface area contributed by atoms with Crippen LogP contribution in [-0.4, -0.2) is 21.9 Å². The van der Waals surface area contributed by atoms with Crippen molar-refractivity contribution in [1.82, 2.24) is 10.2 Å². The Morgan fingerprint density at radius 3 is 3.06 bits per heavy atom. The normalized spacial score (nSPS) is 10.3. The number of hydrogen-bond acceptors (Lipinski definition) is 6. The van der Waals surface area contributed by atoms with Crippen LogP contribution in [-0.2, 0) is 4.79 Å². The van der Waals surface area contributed by atoms with Crippen molar-refractivity contribution in [3.63, 3.8) is 0 Å². The first-order valence-corrected chi connectivity index (χ1v) is 7.02. The molecular weight excluding hydrogens is 268 g/mol. The van der Waals surface area contributed by atoms with Gasteiger partial charge in [0.25, 0.3) is 0 Å². The first-order valence-electron chi connectivity index (χ1n) is 5.22. The average Bonchev–Trinajstić information content (AvgIpc) is 2.74. The van der Waals surface area contributed by atoms with Gasteiger partial charge in [-0.25, -0.2) is 0 Å². The third kappa shape index (κ3) is 3.71. The number of primary amides is 1. The molecule has 0 fully saturated rings. The first kappa shape index (κ1) is 12.8. The zero-order valence-electron chi connectivity index (χ0n) is 9.71. The van der Waals surface area contributed by atoms with Crippen LogP contribution in [0, 0.1) is 6.92 Å². The van der Waals surface area contributed by atoms with E-state index >= 15 is 0 Å². The summed E-state index contributed by atoms with van der Waals surface area (Å²) >= 11 is 2.69. The number of carbonyl (C=O) groups excluding carboxylic acids is 1. The Balaban J connectivity index is 2.00. The van der Waals surface area contributed by atoms with Crippen molar-refractivity contribution in [2.24, 2.45) is 5.73 Å². The molecule has 7 heteroatoms. The summed E-state index contributed by atoms with van der Waals surface area (Å²) in [6, 6.07) is 7.99. The third-order valence-corrected chi connectivity index (χ3v) is 4.01. The summed E-state index contributed by atoms with van der Waals surface area (Å²) in [4.78, 5) is 10.7. The quantitative estimate of drug-likeness (QED) is 0.820. The van der Waals surface area contributed by atoms with E-state index in [0.29, 0.717) is 5.13 Å². The minimum Gasteiger partial charge on any atom is -0.369 e. The van der Waals surface area contributed by atoms with Crippen molar-refractivity contribution >= 4 is 39.8 Å². The number of benzene rings is 1. The van der Waals surface area contributed by atoms with E-state index in [1.807, 2.05) is 31.2 Å². The number of amides is 1. The largest absolute Gasteiger partial charge is 0.369 e. The Labute approximate surface area is 113 Å². The number of anilines is 2. The molecule has 0 aliphatic heterocycles. The molecule has 94 valence electrons. The van der Waals surface area contributed by atoms with Crippen LogP contribution in [0.15, 0.2) is 28.6 Å². The minimum absolute atomic E-state index is 0.221. The van der Waals surface area contributed by atoms with E-state index in [9.17, 15) is 4.79 Å². The maximum absolute atomic E-state index is 10.7. The predicted octanol–water partition coefficient (Wildman–Crippen LogP) is 2.17. The van der Waals surface area contributed by atoms with Crippen molar-refractivity contribution < 1.29 is 4.79 Å². The van der Waals surface area contributed by atoms with Gasteiger partial charge < -0.3 is 11.1 Å².